The van der Waals surface area contributed by atoms with Crippen molar-refractivity contribution >= 4 is 5.97 Å². The number of hydrogen-bond acceptors (Lipinski definition) is 4. The molecule has 1 aromatic rings. The van der Waals surface area contributed by atoms with Crippen molar-refractivity contribution in [3.05, 3.63) is 35.9 Å². The van der Waals surface area contributed by atoms with Crippen molar-refractivity contribution in [2.24, 2.45) is 5.73 Å². The van der Waals surface area contributed by atoms with Crippen LogP contribution in [-0.2, 0) is 15.1 Å². The van der Waals surface area contributed by atoms with Crippen LogP contribution < -0.4 is 5.73 Å². The number of likely N-dealkylation sites (N-methyl/N-ethyl adjacent to an activating group) is 1. The van der Waals surface area contributed by atoms with Crippen LogP contribution in [0.1, 0.15) is 12.5 Å². The highest BCUT2D eigenvalue weighted by molar-refractivity contribution is 5.82. The van der Waals surface area contributed by atoms with Gasteiger partial charge in [0.25, 0.3) is 0 Å². The minimum Gasteiger partial charge on any atom is -0.464 e. The average molecular weight is 304 g/mol. The van der Waals surface area contributed by atoms with E-state index in [1.54, 1.807) is 37.3 Å². The van der Waals surface area contributed by atoms with E-state index in [9.17, 15) is 18.0 Å². The van der Waals surface area contributed by atoms with Crippen molar-refractivity contribution < 1.29 is 22.7 Å². The zero-order valence-electron chi connectivity index (χ0n) is 12.0. The molecule has 0 bridgehead atoms. The molecule has 0 radical (unpaired) electrons. The molecule has 0 aliphatic carbocycles. The molecule has 1 aromatic carbocycles. The first-order valence-corrected chi connectivity index (χ1v) is 6.46. The summed E-state index contributed by atoms with van der Waals surface area (Å²) in [5.41, 5.74) is 4.86. The monoisotopic (exact) mass is 304 g/mol. The minimum absolute atomic E-state index is 0.105. The molecule has 0 amide bonds. The third kappa shape index (κ3) is 5.02. The number of rotatable bonds is 6. The molecule has 7 heteroatoms. The SMILES string of the molecule is CCOC(=O)C(N)(CN(C)CC(F)(F)F)c1ccccc1. The quantitative estimate of drug-likeness (QED) is 0.816. The van der Waals surface area contributed by atoms with Gasteiger partial charge in [0.15, 0.2) is 5.54 Å². The summed E-state index contributed by atoms with van der Waals surface area (Å²) < 4.78 is 42.2. The fourth-order valence-corrected chi connectivity index (χ4v) is 2.06. The third-order valence-corrected chi connectivity index (χ3v) is 2.90. The summed E-state index contributed by atoms with van der Waals surface area (Å²) in [6.07, 6.45) is -4.36. The molecule has 0 fully saturated rings. The van der Waals surface area contributed by atoms with Gasteiger partial charge >= 0.3 is 12.1 Å². The molecule has 0 spiro atoms. The number of benzene rings is 1. The van der Waals surface area contributed by atoms with E-state index in [0.29, 0.717) is 5.56 Å². The van der Waals surface area contributed by atoms with Gasteiger partial charge in [0.2, 0.25) is 0 Å². The van der Waals surface area contributed by atoms with Gasteiger partial charge in [-0.2, -0.15) is 13.2 Å². The third-order valence-electron chi connectivity index (χ3n) is 2.90. The van der Waals surface area contributed by atoms with E-state index in [1.807, 2.05) is 0 Å². The topological polar surface area (TPSA) is 55.6 Å². The van der Waals surface area contributed by atoms with Gasteiger partial charge in [-0.3, -0.25) is 4.90 Å². The summed E-state index contributed by atoms with van der Waals surface area (Å²) in [6.45, 7) is 0.268. The molecule has 0 aliphatic rings. The molecule has 1 rings (SSSR count). The van der Waals surface area contributed by atoms with Crippen molar-refractivity contribution in [2.75, 3.05) is 26.7 Å². The molecule has 0 saturated carbocycles. The van der Waals surface area contributed by atoms with Gasteiger partial charge in [0.05, 0.1) is 13.2 Å². The van der Waals surface area contributed by atoms with Crippen LogP contribution in [0.5, 0.6) is 0 Å². The van der Waals surface area contributed by atoms with Crippen LogP contribution in [0.3, 0.4) is 0 Å². The number of halogens is 3. The fraction of sp³-hybridized carbons (Fsp3) is 0.500. The summed E-state index contributed by atoms with van der Waals surface area (Å²) >= 11 is 0. The highest BCUT2D eigenvalue weighted by atomic mass is 19.4. The van der Waals surface area contributed by atoms with Gasteiger partial charge in [-0.1, -0.05) is 30.3 Å². The first kappa shape index (κ1) is 17.5. The molecule has 4 nitrogen and oxygen atoms in total. The summed E-state index contributed by atoms with van der Waals surface area (Å²) in [4.78, 5) is 13.1. The maximum Gasteiger partial charge on any atom is 0.401 e. The van der Waals surface area contributed by atoms with Crippen LogP contribution in [0.4, 0.5) is 13.2 Å². The summed E-state index contributed by atoms with van der Waals surface area (Å²) in [6, 6.07) is 8.26. The van der Waals surface area contributed by atoms with Crippen LogP contribution in [0.25, 0.3) is 0 Å². The Bertz CT molecular complexity index is 465. The minimum atomic E-state index is -4.36. The maximum atomic E-state index is 12.4. The van der Waals surface area contributed by atoms with Crippen molar-refractivity contribution in [2.45, 2.75) is 18.6 Å². The van der Waals surface area contributed by atoms with Crippen LogP contribution >= 0.6 is 0 Å². The van der Waals surface area contributed by atoms with Gasteiger partial charge in [-0.05, 0) is 19.5 Å². The standard InChI is InChI=1S/C14H19F3N2O2/c1-3-21-12(20)13(18,11-7-5-4-6-8-11)9-19(2)10-14(15,16)17/h4-8H,3,9-10,18H2,1-2H3. The maximum absolute atomic E-state index is 12.4. The smallest absolute Gasteiger partial charge is 0.401 e. The predicted octanol–water partition coefficient (Wildman–Crippen LogP) is 1.90. The second-order valence-electron chi connectivity index (χ2n) is 4.85. The molecule has 0 heterocycles. The zero-order chi connectivity index (χ0) is 16.1. The van der Waals surface area contributed by atoms with Crippen LogP contribution in [0.15, 0.2) is 30.3 Å². The highest BCUT2D eigenvalue weighted by Gasteiger charge is 2.40. The predicted molar refractivity (Wildman–Crippen MR) is 72.5 cm³/mol. The molecule has 0 saturated heterocycles. The summed E-state index contributed by atoms with van der Waals surface area (Å²) in [7, 11) is 1.26. The number of hydrogen-bond donors (Lipinski definition) is 1. The lowest BCUT2D eigenvalue weighted by Gasteiger charge is -2.32. The number of carbonyl (C=O) groups excluding carboxylic acids is 1. The number of ether oxygens (including phenoxy) is 1. The van der Waals surface area contributed by atoms with E-state index in [4.69, 9.17) is 10.5 Å². The van der Waals surface area contributed by atoms with E-state index in [0.717, 1.165) is 4.90 Å². The van der Waals surface area contributed by atoms with Crippen molar-refractivity contribution in [3.63, 3.8) is 0 Å². The van der Waals surface area contributed by atoms with Crippen molar-refractivity contribution in [3.8, 4) is 0 Å². The largest absolute Gasteiger partial charge is 0.464 e. The molecule has 2 N–H and O–H groups in total. The molecule has 0 aromatic heterocycles. The first-order chi connectivity index (χ1) is 9.69. The second kappa shape index (κ2) is 6.91. The Hall–Kier alpha value is -1.60. The highest BCUT2D eigenvalue weighted by Crippen LogP contribution is 2.23. The van der Waals surface area contributed by atoms with Crippen LogP contribution in [0.2, 0.25) is 0 Å². The number of esters is 1. The Morgan fingerprint density at radius 2 is 1.81 bits per heavy atom. The second-order valence-corrected chi connectivity index (χ2v) is 4.85. The van der Waals surface area contributed by atoms with E-state index in [-0.39, 0.29) is 13.2 Å². The van der Waals surface area contributed by atoms with Gasteiger partial charge in [0.1, 0.15) is 0 Å². The average Bonchev–Trinajstić information content (AvgIpc) is 2.37. The van der Waals surface area contributed by atoms with E-state index >= 15 is 0 Å². The number of nitrogens with two attached hydrogens (primary N) is 1. The molecular formula is C14H19F3N2O2. The van der Waals surface area contributed by atoms with Gasteiger partial charge < -0.3 is 10.5 Å². The molecule has 118 valence electrons. The number of carbonyl (C=O) groups is 1. The molecule has 0 aliphatic heterocycles. The first-order valence-electron chi connectivity index (χ1n) is 6.46. The van der Waals surface area contributed by atoms with Crippen molar-refractivity contribution in [1.29, 1.82) is 0 Å². The van der Waals surface area contributed by atoms with Crippen LogP contribution in [-0.4, -0.2) is 43.8 Å². The van der Waals surface area contributed by atoms with Gasteiger partial charge in [-0.25, -0.2) is 4.79 Å². The molecular weight excluding hydrogens is 285 g/mol. The Labute approximate surface area is 121 Å². The van der Waals surface area contributed by atoms with Crippen LogP contribution in [0, 0.1) is 0 Å². The van der Waals surface area contributed by atoms with Gasteiger partial charge in [0, 0.05) is 6.54 Å². The normalized spacial score (nSPS) is 14.8. The zero-order valence-corrected chi connectivity index (χ0v) is 12.0. The Kier molecular flexibility index (Phi) is 5.74. The van der Waals surface area contributed by atoms with E-state index in [2.05, 4.69) is 0 Å². The lowest BCUT2D eigenvalue weighted by atomic mass is 9.90. The summed E-state index contributed by atoms with van der Waals surface area (Å²) in [5.74, 6) is -0.745. The lowest BCUT2D eigenvalue weighted by Crippen LogP contribution is -2.54. The Morgan fingerprint density at radius 3 is 2.29 bits per heavy atom. The number of alkyl halides is 3. The molecule has 1 atom stereocenters. The van der Waals surface area contributed by atoms with E-state index in [1.165, 1.54) is 7.05 Å². The fourth-order valence-electron chi connectivity index (χ4n) is 2.06. The number of nitrogens with zero attached hydrogens (tertiary/aromatic N) is 1. The van der Waals surface area contributed by atoms with E-state index < -0.39 is 24.2 Å². The Morgan fingerprint density at radius 1 is 1.24 bits per heavy atom. The van der Waals surface area contributed by atoms with Crippen molar-refractivity contribution in [1.82, 2.24) is 4.90 Å². The lowest BCUT2D eigenvalue weighted by molar-refractivity contribution is -0.157. The van der Waals surface area contributed by atoms with Gasteiger partial charge in [-0.15, -0.1) is 0 Å². The Balaban J connectivity index is 3.01. The molecule has 1 unspecified atom stereocenters. The summed E-state index contributed by atoms with van der Waals surface area (Å²) in [5, 5.41) is 0. The molecule has 21 heavy (non-hydrogen) atoms.